The Hall–Kier alpha value is -3.75. The van der Waals surface area contributed by atoms with Gasteiger partial charge in [-0.25, -0.2) is 4.98 Å². The first kappa shape index (κ1) is 18.6. The topological polar surface area (TPSA) is 90.4 Å². The van der Waals surface area contributed by atoms with Crippen molar-refractivity contribution in [2.75, 3.05) is 0 Å². The molecule has 3 heterocycles. The minimum atomic E-state index is -2.88. The zero-order chi connectivity index (χ0) is 20.4. The van der Waals surface area contributed by atoms with E-state index in [2.05, 4.69) is 20.2 Å². The van der Waals surface area contributed by atoms with Crippen molar-refractivity contribution in [1.82, 2.24) is 15.5 Å². The molecule has 0 aliphatic heterocycles. The van der Waals surface area contributed by atoms with Crippen molar-refractivity contribution in [2.45, 2.75) is 20.1 Å². The summed E-state index contributed by atoms with van der Waals surface area (Å²) in [5.41, 5.74) is 2.28. The Bertz CT molecular complexity index is 1140. The van der Waals surface area contributed by atoms with E-state index in [0.717, 1.165) is 5.56 Å². The molecule has 7 nitrogen and oxygen atoms in total. The van der Waals surface area contributed by atoms with Gasteiger partial charge in [0.05, 0.1) is 22.9 Å². The largest absolute Gasteiger partial charge is 0.463 e. The summed E-state index contributed by atoms with van der Waals surface area (Å²) in [6, 6.07) is 11.1. The van der Waals surface area contributed by atoms with E-state index in [-0.39, 0.29) is 23.9 Å². The second-order valence-electron chi connectivity index (χ2n) is 6.19. The summed E-state index contributed by atoms with van der Waals surface area (Å²) in [7, 11) is 0. The molecule has 4 aromatic rings. The Morgan fingerprint density at radius 2 is 2.03 bits per heavy atom. The Kier molecular flexibility index (Phi) is 4.94. The van der Waals surface area contributed by atoms with Gasteiger partial charge in [0.25, 0.3) is 11.6 Å². The van der Waals surface area contributed by atoms with Crippen molar-refractivity contribution in [3.8, 4) is 17.2 Å². The van der Waals surface area contributed by atoms with E-state index in [9.17, 15) is 13.6 Å². The number of nitrogens with one attached hydrogen (secondary N) is 1. The molecule has 0 bridgehead atoms. The maximum absolute atomic E-state index is 12.9. The monoisotopic (exact) mass is 399 g/mol. The van der Waals surface area contributed by atoms with Crippen LogP contribution in [0.25, 0.3) is 22.6 Å². The Morgan fingerprint density at radius 1 is 1.24 bits per heavy atom. The molecule has 1 amide bonds. The van der Waals surface area contributed by atoms with Gasteiger partial charge in [0.1, 0.15) is 11.4 Å². The number of aryl methyl sites for hydroxylation is 1. The second-order valence-corrected chi connectivity index (χ2v) is 6.19. The zero-order valence-corrected chi connectivity index (χ0v) is 15.2. The number of aromatic nitrogens is 2. The molecule has 4 rings (SSSR count). The molecule has 0 spiro atoms. The van der Waals surface area contributed by atoms with Crippen molar-refractivity contribution in [3.05, 3.63) is 65.5 Å². The van der Waals surface area contributed by atoms with Crippen LogP contribution in [0.5, 0.6) is 5.75 Å². The zero-order valence-electron chi connectivity index (χ0n) is 15.2. The third-order valence-corrected chi connectivity index (χ3v) is 4.24. The summed E-state index contributed by atoms with van der Waals surface area (Å²) in [6.07, 6.45) is 1.51. The van der Waals surface area contributed by atoms with Gasteiger partial charge in [-0.15, -0.1) is 0 Å². The fourth-order valence-electron chi connectivity index (χ4n) is 2.89. The number of pyridine rings is 1. The van der Waals surface area contributed by atoms with Gasteiger partial charge in [-0.05, 0) is 42.8 Å². The second kappa shape index (κ2) is 7.70. The third kappa shape index (κ3) is 3.93. The van der Waals surface area contributed by atoms with Gasteiger partial charge in [-0.1, -0.05) is 17.3 Å². The van der Waals surface area contributed by atoms with Crippen molar-refractivity contribution in [2.24, 2.45) is 0 Å². The van der Waals surface area contributed by atoms with E-state index in [1.807, 2.05) is 0 Å². The number of hydrogen-bond acceptors (Lipinski definition) is 6. The van der Waals surface area contributed by atoms with Crippen molar-refractivity contribution in [1.29, 1.82) is 0 Å². The van der Waals surface area contributed by atoms with Gasteiger partial charge in [0.2, 0.25) is 0 Å². The fraction of sp³-hybridized carbons (Fsp3) is 0.150. The van der Waals surface area contributed by atoms with E-state index >= 15 is 0 Å². The maximum Gasteiger partial charge on any atom is 0.387 e. The predicted molar refractivity (Wildman–Crippen MR) is 98.5 cm³/mol. The maximum atomic E-state index is 12.9. The number of ether oxygens (including phenoxy) is 1. The Morgan fingerprint density at radius 3 is 2.72 bits per heavy atom. The van der Waals surface area contributed by atoms with E-state index in [1.165, 1.54) is 18.4 Å². The minimum absolute atomic E-state index is 0.0501. The quantitative estimate of drug-likeness (QED) is 0.519. The van der Waals surface area contributed by atoms with Crippen LogP contribution >= 0.6 is 0 Å². The summed E-state index contributed by atoms with van der Waals surface area (Å²) in [5, 5.41) is 7.20. The van der Waals surface area contributed by atoms with Crippen LogP contribution in [-0.2, 0) is 6.54 Å². The van der Waals surface area contributed by atoms with Crippen LogP contribution in [0.3, 0.4) is 0 Å². The summed E-state index contributed by atoms with van der Waals surface area (Å²) in [4.78, 5) is 17.2. The van der Waals surface area contributed by atoms with Crippen molar-refractivity contribution in [3.63, 3.8) is 0 Å². The normalized spacial score (nSPS) is 11.2. The molecule has 1 aromatic carbocycles. The molecule has 0 aliphatic rings. The first-order valence-corrected chi connectivity index (χ1v) is 8.64. The Labute approximate surface area is 163 Å². The summed E-state index contributed by atoms with van der Waals surface area (Å²) >= 11 is 0. The highest BCUT2D eigenvalue weighted by atomic mass is 19.3. The van der Waals surface area contributed by atoms with Crippen LogP contribution in [-0.4, -0.2) is 22.7 Å². The number of fused-ring (bicyclic) bond motifs is 1. The molecular formula is C20H15F2N3O4. The molecule has 3 aromatic heterocycles. The number of carbonyl (C=O) groups excluding carboxylic acids is 1. The molecule has 29 heavy (non-hydrogen) atoms. The van der Waals surface area contributed by atoms with E-state index < -0.39 is 6.61 Å². The number of nitrogens with zero attached hydrogens (tertiary/aromatic N) is 2. The molecule has 0 saturated carbocycles. The summed E-state index contributed by atoms with van der Waals surface area (Å²) < 4.78 is 39.3. The van der Waals surface area contributed by atoms with E-state index in [1.54, 1.807) is 37.3 Å². The van der Waals surface area contributed by atoms with Crippen LogP contribution in [0.1, 0.15) is 21.6 Å². The number of hydrogen-bond donors (Lipinski definition) is 1. The highest BCUT2D eigenvalue weighted by Gasteiger charge is 2.20. The number of rotatable bonds is 6. The average molecular weight is 399 g/mol. The molecule has 0 saturated heterocycles. The molecular weight excluding hydrogens is 384 g/mol. The molecule has 0 atom stereocenters. The lowest BCUT2D eigenvalue weighted by atomic mass is 10.1. The third-order valence-electron chi connectivity index (χ3n) is 4.24. The number of furan rings is 1. The van der Waals surface area contributed by atoms with Crippen LogP contribution in [0.4, 0.5) is 8.78 Å². The average Bonchev–Trinajstić information content (AvgIpc) is 3.36. The smallest absolute Gasteiger partial charge is 0.387 e. The van der Waals surface area contributed by atoms with Gasteiger partial charge in [0, 0.05) is 6.54 Å². The molecule has 9 heteroatoms. The van der Waals surface area contributed by atoms with Crippen molar-refractivity contribution >= 4 is 17.0 Å². The number of alkyl halides is 2. The summed E-state index contributed by atoms with van der Waals surface area (Å²) in [6.45, 7) is -0.971. The summed E-state index contributed by atoms with van der Waals surface area (Å²) in [5.74, 6) is 0.183. The highest BCUT2D eigenvalue weighted by Crippen LogP contribution is 2.27. The molecule has 1 N–H and O–H groups in total. The molecule has 148 valence electrons. The van der Waals surface area contributed by atoms with Crippen LogP contribution in [0.15, 0.2) is 57.7 Å². The number of benzene rings is 1. The lowest BCUT2D eigenvalue weighted by Crippen LogP contribution is -2.23. The lowest BCUT2D eigenvalue weighted by molar-refractivity contribution is -0.0498. The highest BCUT2D eigenvalue weighted by molar-refractivity contribution is 6.06. The Balaban J connectivity index is 1.57. The van der Waals surface area contributed by atoms with Crippen molar-refractivity contribution < 1.29 is 27.3 Å². The standard InChI is InChI=1S/C20H15F2N3O4/c1-11-17-14(9-15(16-3-2-8-27-16)24-19(17)29-25-11)18(26)23-10-12-4-6-13(7-5-12)28-20(21)22/h2-9,20H,10H2,1H3,(H,23,26). The predicted octanol–water partition coefficient (Wildman–Crippen LogP) is 4.32. The number of carbonyl (C=O) groups is 1. The minimum Gasteiger partial charge on any atom is -0.463 e. The van der Waals surface area contributed by atoms with Crippen LogP contribution < -0.4 is 10.1 Å². The van der Waals surface area contributed by atoms with Gasteiger partial charge in [0.15, 0.2) is 5.76 Å². The van der Waals surface area contributed by atoms with Crippen LogP contribution in [0.2, 0.25) is 0 Å². The van der Waals surface area contributed by atoms with Gasteiger partial charge in [-0.2, -0.15) is 8.78 Å². The van der Waals surface area contributed by atoms with Gasteiger partial charge >= 0.3 is 6.61 Å². The lowest BCUT2D eigenvalue weighted by Gasteiger charge is -2.09. The molecule has 0 unspecified atom stereocenters. The fourth-order valence-corrected chi connectivity index (χ4v) is 2.89. The molecule has 0 fully saturated rings. The first-order chi connectivity index (χ1) is 14.0. The molecule has 0 radical (unpaired) electrons. The van der Waals surface area contributed by atoms with E-state index in [0.29, 0.717) is 28.1 Å². The number of amides is 1. The van der Waals surface area contributed by atoms with Gasteiger partial charge in [-0.3, -0.25) is 4.79 Å². The van der Waals surface area contributed by atoms with Crippen LogP contribution in [0, 0.1) is 6.92 Å². The molecule has 0 aliphatic carbocycles. The van der Waals surface area contributed by atoms with E-state index in [4.69, 9.17) is 8.94 Å². The SMILES string of the molecule is Cc1noc2nc(-c3ccco3)cc(C(=O)NCc3ccc(OC(F)F)cc3)c12. The number of halogens is 2. The van der Waals surface area contributed by atoms with Gasteiger partial charge < -0.3 is 19.0 Å². The first-order valence-electron chi connectivity index (χ1n) is 8.64.